The Balaban J connectivity index is 1.64. The second-order valence-corrected chi connectivity index (χ2v) is 7.97. The quantitative estimate of drug-likeness (QED) is 0.511. The van der Waals surface area contributed by atoms with Crippen LogP contribution < -0.4 is 0 Å². The van der Waals surface area contributed by atoms with Crippen LogP contribution in [0.5, 0.6) is 0 Å². The third-order valence-electron chi connectivity index (χ3n) is 5.49. The van der Waals surface area contributed by atoms with E-state index >= 15 is 0 Å². The molecule has 1 fully saturated rings. The van der Waals surface area contributed by atoms with E-state index in [2.05, 4.69) is 31.2 Å². The molecular formula is C24H21ClO2. The summed E-state index contributed by atoms with van der Waals surface area (Å²) >= 11 is 5.94. The molecular weight excluding hydrogens is 356 g/mol. The van der Waals surface area contributed by atoms with Gasteiger partial charge in [0, 0.05) is 23.3 Å². The summed E-state index contributed by atoms with van der Waals surface area (Å²) in [4.78, 5) is 12.8. The van der Waals surface area contributed by atoms with E-state index in [1.807, 2.05) is 36.4 Å². The average molecular weight is 377 g/mol. The van der Waals surface area contributed by atoms with E-state index in [1.54, 1.807) is 24.3 Å². The number of rotatable bonds is 4. The van der Waals surface area contributed by atoms with Gasteiger partial charge >= 0.3 is 5.97 Å². The zero-order chi connectivity index (χ0) is 18.9. The lowest BCUT2D eigenvalue weighted by atomic mass is 9.55. The molecule has 4 rings (SSSR count). The number of hydrogen-bond acceptors (Lipinski definition) is 2. The first-order chi connectivity index (χ1) is 13.0. The van der Waals surface area contributed by atoms with Crippen molar-refractivity contribution in [3.63, 3.8) is 0 Å². The van der Waals surface area contributed by atoms with Crippen LogP contribution in [0, 0.1) is 0 Å². The predicted molar refractivity (Wildman–Crippen MR) is 108 cm³/mol. The highest BCUT2D eigenvalue weighted by molar-refractivity contribution is 6.30. The van der Waals surface area contributed by atoms with Crippen molar-refractivity contribution in [1.82, 2.24) is 0 Å². The number of hydrogen-bond donors (Lipinski definition) is 0. The number of benzene rings is 3. The van der Waals surface area contributed by atoms with Crippen LogP contribution in [0.2, 0.25) is 5.02 Å². The standard InChI is InChI=1S/C24H21ClO2/c1-23(19-8-4-2-5-9-19)16-24(17-23,20-10-6-3-7-11-20)27-22(26)18-12-14-21(25)15-13-18/h2-15H,16-17H2,1H3. The van der Waals surface area contributed by atoms with Gasteiger partial charge in [0.05, 0.1) is 5.56 Å². The fourth-order valence-corrected chi connectivity index (χ4v) is 4.28. The number of esters is 1. The van der Waals surface area contributed by atoms with Crippen molar-refractivity contribution < 1.29 is 9.53 Å². The summed E-state index contributed by atoms with van der Waals surface area (Å²) in [7, 11) is 0. The Morgan fingerprint density at radius 3 is 1.89 bits per heavy atom. The van der Waals surface area contributed by atoms with Gasteiger partial charge in [-0.05, 0) is 35.4 Å². The van der Waals surface area contributed by atoms with Crippen LogP contribution in [-0.4, -0.2) is 5.97 Å². The molecule has 27 heavy (non-hydrogen) atoms. The summed E-state index contributed by atoms with van der Waals surface area (Å²) in [6, 6.07) is 27.3. The predicted octanol–water partition coefficient (Wildman–Crippen LogP) is 6.14. The number of halogens is 1. The monoisotopic (exact) mass is 376 g/mol. The molecule has 3 aromatic carbocycles. The first-order valence-electron chi connectivity index (χ1n) is 9.11. The summed E-state index contributed by atoms with van der Waals surface area (Å²) < 4.78 is 6.12. The molecule has 0 amide bonds. The van der Waals surface area contributed by atoms with Crippen LogP contribution in [-0.2, 0) is 15.8 Å². The molecule has 2 nitrogen and oxygen atoms in total. The minimum Gasteiger partial charge on any atom is -0.451 e. The molecule has 0 aliphatic heterocycles. The van der Waals surface area contributed by atoms with Crippen molar-refractivity contribution >= 4 is 17.6 Å². The third-order valence-corrected chi connectivity index (χ3v) is 5.74. The number of carbonyl (C=O) groups excluding carboxylic acids is 1. The molecule has 3 heteroatoms. The van der Waals surface area contributed by atoms with Gasteiger partial charge in [-0.25, -0.2) is 4.79 Å². The van der Waals surface area contributed by atoms with E-state index in [0.717, 1.165) is 18.4 Å². The van der Waals surface area contributed by atoms with Crippen molar-refractivity contribution in [2.45, 2.75) is 30.8 Å². The van der Waals surface area contributed by atoms with E-state index in [1.165, 1.54) is 5.56 Å². The van der Waals surface area contributed by atoms with Gasteiger partial charge in [-0.3, -0.25) is 0 Å². The minimum absolute atomic E-state index is 0.0165. The van der Waals surface area contributed by atoms with Gasteiger partial charge in [0.25, 0.3) is 0 Å². The van der Waals surface area contributed by atoms with Crippen molar-refractivity contribution in [2.24, 2.45) is 0 Å². The van der Waals surface area contributed by atoms with Crippen molar-refractivity contribution in [2.75, 3.05) is 0 Å². The van der Waals surface area contributed by atoms with E-state index < -0.39 is 5.60 Å². The average Bonchev–Trinajstić information content (AvgIpc) is 2.68. The Kier molecular flexibility index (Phi) is 4.53. The lowest BCUT2D eigenvalue weighted by molar-refractivity contribution is -0.106. The van der Waals surface area contributed by atoms with E-state index in [-0.39, 0.29) is 11.4 Å². The molecule has 1 aliphatic rings. The highest BCUT2D eigenvalue weighted by atomic mass is 35.5. The van der Waals surface area contributed by atoms with Crippen molar-refractivity contribution in [3.05, 3.63) is 107 Å². The molecule has 0 bridgehead atoms. The molecule has 0 spiro atoms. The Hall–Kier alpha value is -2.58. The Bertz CT molecular complexity index is 927. The summed E-state index contributed by atoms with van der Waals surface area (Å²) in [5, 5.41) is 0.601. The van der Waals surface area contributed by atoms with E-state index in [9.17, 15) is 4.79 Å². The van der Waals surface area contributed by atoms with Gasteiger partial charge in [0.15, 0.2) is 0 Å². The molecule has 0 unspecified atom stereocenters. The largest absolute Gasteiger partial charge is 0.451 e. The number of ether oxygens (including phenoxy) is 1. The van der Waals surface area contributed by atoms with Crippen LogP contribution in [0.1, 0.15) is 41.3 Å². The fraction of sp³-hybridized carbons (Fsp3) is 0.208. The van der Waals surface area contributed by atoms with Crippen LogP contribution in [0.25, 0.3) is 0 Å². The van der Waals surface area contributed by atoms with Gasteiger partial charge < -0.3 is 4.74 Å². The normalized spacial score (nSPS) is 24.1. The van der Waals surface area contributed by atoms with Crippen LogP contribution in [0.4, 0.5) is 0 Å². The van der Waals surface area contributed by atoms with Gasteiger partial charge in [0.1, 0.15) is 5.60 Å². The van der Waals surface area contributed by atoms with Gasteiger partial charge in [-0.1, -0.05) is 79.2 Å². The highest BCUT2D eigenvalue weighted by Crippen LogP contribution is 2.57. The molecule has 0 saturated heterocycles. The van der Waals surface area contributed by atoms with E-state index in [0.29, 0.717) is 10.6 Å². The molecule has 3 aromatic rings. The van der Waals surface area contributed by atoms with E-state index in [4.69, 9.17) is 16.3 Å². The zero-order valence-electron chi connectivity index (χ0n) is 15.2. The minimum atomic E-state index is -0.609. The number of carbonyl (C=O) groups is 1. The van der Waals surface area contributed by atoms with Crippen LogP contribution in [0.3, 0.4) is 0 Å². The van der Waals surface area contributed by atoms with Gasteiger partial charge in [-0.2, -0.15) is 0 Å². The summed E-state index contributed by atoms with van der Waals surface area (Å²) in [6.07, 6.45) is 1.51. The van der Waals surface area contributed by atoms with Crippen LogP contribution in [0.15, 0.2) is 84.9 Å². The molecule has 0 atom stereocenters. The second-order valence-electron chi connectivity index (χ2n) is 7.54. The molecule has 0 aromatic heterocycles. The molecule has 0 N–H and O–H groups in total. The highest BCUT2D eigenvalue weighted by Gasteiger charge is 2.56. The first kappa shape index (κ1) is 17.8. The summed E-state index contributed by atoms with van der Waals surface area (Å²) in [5.41, 5.74) is 2.21. The molecule has 0 heterocycles. The lowest BCUT2D eigenvalue weighted by Gasteiger charge is -2.54. The zero-order valence-corrected chi connectivity index (χ0v) is 15.9. The summed E-state index contributed by atoms with van der Waals surface area (Å²) in [6.45, 7) is 2.24. The second kappa shape index (κ2) is 6.86. The van der Waals surface area contributed by atoms with Gasteiger partial charge in [0.2, 0.25) is 0 Å². The lowest BCUT2D eigenvalue weighted by Crippen LogP contribution is -2.53. The Morgan fingerprint density at radius 1 is 0.815 bits per heavy atom. The maximum Gasteiger partial charge on any atom is 0.339 e. The first-order valence-corrected chi connectivity index (χ1v) is 9.49. The van der Waals surface area contributed by atoms with Gasteiger partial charge in [-0.15, -0.1) is 0 Å². The van der Waals surface area contributed by atoms with Crippen molar-refractivity contribution in [1.29, 1.82) is 0 Å². The molecule has 1 aliphatic carbocycles. The smallest absolute Gasteiger partial charge is 0.339 e. The molecule has 0 radical (unpaired) electrons. The Morgan fingerprint density at radius 2 is 1.33 bits per heavy atom. The topological polar surface area (TPSA) is 26.3 Å². The van der Waals surface area contributed by atoms with Crippen molar-refractivity contribution in [3.8, 4) is 0 Å². The van der Waals surface area contributed by atoms with Crippen LogP contribution >= 0.6 is 11.6 Å². The molecule has 136 valence electrons. The maximum absolute atomic E-state index is 12.8. The fourth-order valence-electron chi connectivity index (χ4n) is 4.15. The SMILES string of the molecule is CC1(c2ccccc2)CC(OC(=O)c2ccc(Cl)cc2)(c2ccccc2)C1. The Labute approximate surface area is 164 Å². The summed E-state index contributed by atoms with van der Waals surface area (Å²) in [5.74, 6) is -0.314. The third kappa shape index (κ3) is 3.38. The molecule has 1 saturated carbocycles. The maximum atomic E-state index is 12.8.